The van der Waals surface area contributed by atoms with Crippen LogP contribution in [0.1, 0.15) is 54.5 Å². The highest BCUT2D eigenvalue weighted by molar-refractivity contribution is 5.80. The van der Waals surface area contributed by atoms with E-state index >= 15 is 0 Å². The van der Waals surface area contributed by atoms with Crippen LogP contribution in [0.25, 0.3) is 0 Å². The highest BCUT2D eigenvalue weighted by atomic mass is 16.2. The maximum Gasteiger partial charge on any atom is 0.266 e. The van der Waals surface area contributed by atoms with Gasteiger partial charge in [0.1, 0.15) is 11.6 Å². The van der Waals surface area contributed by atoms with Gasteiger partial charge in [0, 0.05) is 44.2 Å². The number of carbonyl (C=O) groups excluding carboxylic acids is 2. The average molecular weight is 384 g/mol. The van der Waals surface area contributed by atoms with E-state index in [-0.39, 0.29) is 28.9 Å². The van der Waals surface area contributed by atoms with E-state index in [9.17, 15) is 14.4 Å². The number of amides is 2. The van der Waals surface area contributed by atoms with Crippen LogP contribution in [0.2, 0.25) is 0 Å². The molecule has 1 aliphatic heterocycles. The Hall–Kier alpha value is -2.62. The molecule has 2 amide bonds. The molecule has 2 aliphatic rings. The van der Waals surface area contributed by atoms with Crippen LogP contribution in [0.5, 0.6) is 0 Å². The van der Waals surface area contributed by atoms with Crippen LogP contribution in [0, 0.1) is 31.1 Å². The van der Waals surface area contributed by atoms with E-state index in [1.54, 1.807) is 13.8 Å². The van der Waals surface area contributed by atoms with E-state index in [2.05, 4.69) is 4.98 Å². The Labute approximate surface area is 165 Å². The summed E-state index contributed by atoms with van der Waals surface area (Å²) >= 11 is 0. The predicted octanol–water partition coefficient (Wildman–Crippen LogP) is 1.66. The number of nitrogens with zero attached hydrogens (tertiary/aromatic N) is 3. The second-order valence-corrected chi connectivity index (χ2v) is 7.86. The number of hydrogen-bond acceptors (Lipinski definition) is 4. The van der Waals surface area contributed by atoms with Crippen molar-refractivity contribution >= 4 is 11.8 Å². The number of hydrogen-bond donors (Lipinski definition) is 1. The summed E-state index contributed by atoms with van der Waals surface area (Å²) in [6.45, 7) is 5.91. The van der Waals surface area contributed by atoms with Crippen LogP contribution in [-0.2, 0) is 16.0 Å². The molecule has 0 spiro atoms. The zero-order valence-electron chi connectivity index (χ0n) is 16.7. The Morgan fingerprint density at radius 2 is 1.71 bits per heavy atom. The summed E-state index contributed by atoms with van der Waals surface area (Å²) in [5, 5.41) is 9.17. The van der Waals surface area contributed by atoms with Gasteiger partial charge >= 0.3 is 0 Å². The third kappa shape index (κ3) is 4.11. The normalized spacial score (nSPS) is 17.6. The summed E-state index contributed by atoms with van der Waals surface area (Å²) in [5.41, 5.74) is 1.96. The summed E-state index contributed by atoms with van der Waals surface area (Å²) < 4.78 is 0. The highest BCUT2D eigenvalue weighted by Crippen LogP contribution is 2.27. The van der Waals surface area contributed by atoms with Crippen molar-refractivity contribution in [3.05, 3.63) is 32.7 Å². The lowest BCUT2D eigenvalue weighted by molar-refractivity contribution is -0.142. The Kier molecular flexibility index (Phi) is 6.18. The van der Waals surface area contributed by atoms with Crippen LogP contribution in [0.4, 0.5) is 0 Å². The average Bonchev–Trinajstić information content (AvgIpc) is 3.22. The molecule has 0 bridgehead atoms. The molecule has 1 saturated heterocycles. The number of nitrogens with one attached hydrogen (secondary N) is 1. The molecule has 2 fully saturated rings. The highest BCUT2D eigenvalue weighted by Gasteiger charge is 2.30. The summed E-state index contributed by atoms with van der Waals surface area (Å²) in [6, 6.07) is 1.94. The van der Waals surface area contributed by atoms with Gasteiger partial charge in [-0.15, -0.1) is 0 Å². The lowest BCUT2D eigenvalue weighted by Crippen LogP contribution is -2.51. The predicted molar refractivity (Wildman–Crippen MR) is 105 cm³/mol. The van der Waals surface area contributed by atoms with Gasteiger partial charge in [-0.25, -0.2) is 0 Å². The first-order chi connectivity index (χ1) is 13.4. The fourth-order valence-corrected chi connectivity index (χ4v) is 4.42. The summed E-state index contributed by atoms with van der Waals surface area (Å²) in [5.74, 6) is 0.493. The molecular formula is C21H28N4O3. The van der Waals surface area contributed by atoms with Gasteiger partial charge in [-0.1, -0.05) is 12.8 Å². The SMILES string of the molecule is Cc1[nH]c(=O)c(C#N)c(C)c1CCC(=O)N1CCN(C(=O)C2CCCC2)CC1. The minimum absolute atomic E-state index is 0.0523. The topological polar surface area (TPSA) is 97.3 Å². The summed E-state index contributed by atoms with van der Waals surface area (Å²) in [4.78, 5) is 43.4. The number of aryl methyl sites for hydroxylation is 1. The molecular weight excluding hydrogens is 356 g/mol. The molecule has 28 heavy (non-hydrogen) atoms. The first-order valence-electron chi connectivity index (χ1n) is 10.1. The molecule has 1 aliphatic carbocycles. The number of aromatic amines is 1. The zero-order chi connectivity index (χ0) is 20.3. The van der Waals surface area contributed by atoms with Gasteiger partial charge in [-0.3, -0.25) is 14.4 Å². The summed E-state index contributed by atoms with van der Waals surface area (Å²) in [6.07, 6.45) is 5.11. The monoisotopic (exact) mass is 384 g/mol. The van der Waals surface area contributed by atoms with Crippen LogP contribution in [0.15, 0.2) is 4.79 Å². The maximum atomic E-state index is 12.6. The molecule has 1 aromatic rings. The molecule has 1 aromatic heterocycles. The lowest BCUT2D eigenvalue weighted by Gasteiger charge is -2.36. The number of carbonyl (C=O) groups is 2. The number of rotatable bonds is 4. The maximum absolute atomic E-state index is 12.6. The standard InChI is InChI=1S/C21H28N4O3/c1-14-17(15(2)23-20(27)18(14)13-22)7-8-19(26)24-9-11-25(12-10-24)21(28)16-5-3-4-6-16/h16H,3-12H2,1-2H3,(H,23,27). The molecule has 1 N–H and O–H groups in total. The number of pyridine rings is 1. The first-order valence-corrected chi connectivity index (χ1v) is 10.1. The van der Waals surface area contributed by atoms with E-state index in [1.165, 1.54) is 0 Å². The minimum Gasteiger partial charge on any atom is -0.339 e. The number of piperazine rings is 1. The van der Waals surface area contributed by atoms with Crippen LogP contribution in [-0.4, -0.2) is 52.8 Å². The Balaban J connectivity index is 1.55. The molecule has 0 radical (unpaired) electrons. The van der Waals surface area contributed by atoms with Crippen molar-refractivity contribution in [1.82, 2.24) is 14.8 Å². The number of H-pyrrole nitrogens is 1. The van der Waals surface area contributed by atoms with Crippen LogP contribution >= 0.6 is 0 Å². The molecule has 3 rings (SSSR count). The van der Waals surface area contributed by atoms with Crippen molar-refractivity contribution in [3.8, 4) is 6.07 Å². The van der Waals surface area contributed by atoms with Gasteiger partial charge in [-0.05, 0) is 44.2 Å². The van der Waals surface area contributed by atoms with Gasteiger partial charge in [0.05, 0.1) is 0 Å². The van der Waals surface area contributed by atoms with Gasteiger partial charge in [-0.2, -0.15) is 5.26 Å². The zero-order valence-corrected chi connectivity index (χ0v) is 16.7. The lowest BCUT2D eigenvalue weighted by atomic mass is 9.99. The van der Waals surface area contributed by atoms with Gasteiger partial charge < -0.3 is 14.8 Å². The second-order valence-electron chi connectivity index (χ2n) is 7.86. The first kappa shape index (κ1) is 20.1. The van der Waals surface area contributed by atoms with Gasteiger partial charge in [0.2, 0.25) is 11.8 Å². The third-order valence-corrected chi connectivity index (χ3v) is 6.16. The van der Waals surface area contributed by atoms with Crippen molar-refractivity contribution in [1.29, 1.82) is 5.26 Å². The Morgan fingerprint density at radius 1 is 1.11 bits per heavy atom. The van der Waals surface area contributed by atoms with Crippen LogP contribution in [0.3, 0.4) is 0 Å². The van der Waals surface area contributed by atoms with Crippen molar-refractivity contribution in [2.24, 2.45) is 5.92 Å². The van der Waals surface area contributed by atoms with Crippen molar-refractivity contribution in [2.45, 2.75) is 52.4 Å². The molecule has 0 atom stereocenters. The second kappa shape index (κ2) is 8.59. The van der Waals surface area contributed by atoms with Gasteiger partial charge in [0.15, 0.2) is 0 Å². The molecule has 150 valence electrons. The quantitative estimate of drug-likeness (QED) is 0.854. The molecule has 0 aromatic carbocycles. The van der Waals surface area contributed by atoms with Gasteiger partial charge in [0.25, 0.3) is 5.56 Å². The smallest absolute Gasteiger partial charge is 0.266 e. The molecule has 7 nitrogen and oxygen atoms in total. The van der Waals surface area contributed by atoms with E-state index in [0.717, 1.165) is 31.2 Å². The number of nitriles is 1. The van der Waals surface area contributed by atoms with E-state index in [4.69, 9.17) is 5.26 Å². The van der Waals surface area contributed by atoms with E-state index < -0.39 is 0 Å². The van der Waals surface area contributed by atoms with E-state index in [1.807, 2.05) is 15.9 Å². The fourth-order valence-electron chi connectivity index (χ4n) is 4.42. The van der Waals surface area contributed by atoms with Crippen molar-refractivity contribution < 1.29 is 9.59 Å². The Morgan fingerprint density at radius 3 is 2.32 bits per heavy atom. The molecule has 2 heterocycles. The summed E-state index contributed by atoms with van der Waals surface area (Å²) in [7, 11) is 0. The number of aromatic nitrogens is 1. The van der Waals surface area contributed by atoms with Crippen LogP contribution < -0.4 is 5.56 Å². The van der Waals surface area contributed by atoms with E-state index in [0.29, 0.717) is 50.3 Å². The minimum atomic E-state index is -0.379. The fraction of sp³-hybridized carbons (Fsp3) is 0.619. The third-order valence-electron chi connectivity index (χ3n) is 6.16. The van der Waals surface area contributed by atoms with Crippen molar-refractivity contribution in [2.75, 3.05) is 26.2 Å². The largest absolute Gasteiger partial charge is 0.339 e. The molecule has 0 unspecified atom stereocenters. The molecule has 7 heteroatoms. The molecule has 1 saturated carbocycles. The Bertz CT molecular complexity index is 854. The van der Waals surface area contributed by atoms with Crippen molar-refractivity contribution in [3.63, 3.8) is 0 Å².